The lowest BCUT2D eigenvalue weighted by molar-refractivity contribution is -0.134. The van der Waals surface area contributed by atoms with Crippen LogP contribution in [0.15, 0.2) is 0 Å². The topological polar surface area (TPSA) is 98.7 Å². The third kappa shape index (κ3) is 3.91. The van der Waals surface area contributed by atoms with Gasteiger partial charge in [0.25, 0.3) is 5.91 Å². The average Bonchev–Trinajstić information content (AvgIpc) is 2.38. The lowest BCUT2D eigenvalue weighted by Crippen LogP contribution is -2.60. The lowest BCUT2D eigenvalue weighted by atomic mass is 10.3. The number of carbonyl (C=O) groups is 1. The molecule has 1 aliphatic heterocycles. The third-order valence-electron chi connectivity index (χ3n) is 2.90. The Kier molecular flexibility index (Phi) is 6.00. The maximum absolute atomic E-state index is 12.1. The molecule has 0 aromatic rings. The van der Waals surface area contributed by atoms with Crippen molar-refractivity contribution in [2.45, 2.75) is 38.8 Å². The molecule has 1 atom stereocenters. The molecular formula is C10H21N3O4S. The first kappa shape index (κ1) is 15.4. The van der Waals surface area contributed by atoms with Gasteiger partial charge in [-0.15, -0.1) is 0 Å². The summed E-state index contributed by atoms with van der Waals surface area (Å²) in [5.41, 5.74) is 1.50. The quantitative estimate of drug-likeness (QED) is 0.350. The fourth-order valence-electron chi connectivity index (χ4n) is 1.94. The van der Waals surface area contributed by atoms with Crippen molar-refractivity contribution in [1.29, 1.82) is 0 Å². The van der Waals surface area contributed by atoms with Crippen LogP contribution in [0.2, 0.25) is 0 Å². The summed E-state index contributed by atoms with van der Waals surface area (Å²) >= 11 is 0. The Labute approximate surface area is 108 Å². The summed E-state index contributed by atoms with van der Waals surface area (Å²) in [5, 5.41) is 11.4. The zero-order chi connectivity index (χ0) is 13.6. The van der Waals surface area contributed by atoms with E-state index in [1.165, 1.54) is 5.48 Å². The number of amides is 1. The van der Waals surface area contributed by atoms with Crippen LogP contribution in [0.1, 0.15) is 32.6 Å². The molecule has 1 rings (SSSR count). The number of hydroxylamine groups is 1. The van der Waals surface area contributed by atoms with E-state index in [-0.39, 0.29) is 5.75 Å². The standard InChI is InChI=1S/C10H21N3O4S/c1-2-3-4-8-18(16,17)13-7-5-6-11-9(13)10(14)12-15/h9,11,15H,2-8H2,1H3,(H,12,14). The minimum Gasteiger partial charge on any atom is -0.293 e. The molecule has 0 aliphatic carbocycles. The number of unbranched alkanes of at least 4 members (excludes halogenated alkanes) is 2. The molecule has 1 fully saturated rings. The molecule has 1 saturated heterocycles. The number of hydrogen-bond acceptors (Lipinski definition) is 5. The highest BCUT2D eigenvalue weighted by Crippen LogP contribution is 2.13. The van der Waals surface area contributed by atoms with Crippen molar-refractivity contribution in [1.82, 2.24) is 15.1 Å². The van der Waals surface area contributed by atoms with Crippen LogP contribution >= 0.6 is 0 Å². The molecule has 1 unspecified atom stereocenters. The van der Waals surface area contributed by atoms with Gasteiger partial charge in [-0.05, 0) is 19.4 Å². The predicted octanol–water partition coefficient (Wildman–Crippen LogP) is -0.367. The molecule has 7 nitrogen and oxygen atoms in total. The molecule has 0 aromatic carbocycles. The van der Waals surface area contributed by atoms with Gasteiger partial charge >= 0.3 is 0 Å². The van der Waals surface area contributed by atoms with E-state index in [1.54, 1.807) is 0 Å². The minimum absolute atomic E-state index is 0.0394. The van der Waals surface area contributed by atoms with Crippen LogP contribution in [0.25, 0.3) is 0 Å². The van der Waals surface area contributed by atoms with Gasteiger partial charge < -0.3 is 0 Å². The number of sulfonamides is 1. The van der Waals surface area contributed by atoms with Crippen molar-refractivity contribution in [2.24, 2.45) is 0 Å². The molecule has 0 saturated carbocycles. The second kappa shape index (κ2) is 7.03. The van der Waals surface area contributed by atoms with Crippen molar-refractivity contribution in [3.63, 3.8) is 0 Å². The van der Waals surface area contributed by atoms with E-state index in [0.29, 0.717) is 25.9 Å². The van der Waals surface area contributed by atoms with Crippen LogP contribution in [-0.4, -0.2) is 48.8 Å². The highest BCUT2D eigenvalue weighted by atomic mass is 32.2. The Hall–Kier alpha value is -0.700. The summed E-state index contributed by atoms with van der Waals surface area (Å²) in [6.45, 7) is 2.86. The van der Waals surface area contributed by atoms with Crippen LogP contribution in [0.5, 0.6) is 0 Å². The number of rotatable bonds is 6. The number of carbonyl (C=O) groups excluding carboxylic acids is 1. The predicted molar refractivity (Wildman–Crippen MR) is 66.4 cm³/mol. The van der Waals surface area contributed by atoms with Crippen LogP contribution in [0.3, 0.4) is 0 Å². The van der Waals surface area contributed by atoms with Gasteiger partial charge in [0, 0.05) is 6.54 Å². The molecular weight excluding hydrogens is 258 g/mol. The molecule has 0 spiro atoms. The van der Waals surface area contributed by atoms with Crippen molar-refractivity contribution in [2.75, 3.05) is 18.8 Å². The molecule has 8 heteroatoms. The Bertz CT molecular complexity index is 371. The molecule has 0 bridgehead atoms. The highest BCUT2D eigenvalue weighted by molar-refractivity contribution is 7.89. The van der Waals surface area contributed by atoms with E-state index in [0.717, 1.165) is 17.1 Å². The third-order valence-corrected chi connectivity index (χ3v) is 4.82. The second-order valence-corrected chi connectivity index (χ2v) is 6.36. The molecule has 106 valence electrons. The number of hydrogen-bond donors (Lipinski definition) is 3. The Morgan fingerprint density at radius 1 is 1.50 bits per heavy atom. The summed E-state index contributed by atoms with van der Waals surface area (Å²) in [4.78, 5) is 11.4. The Morgan fingerprint density at radius 3 is 2.83 bits per heavy atom. The van der Waals surface area contributed by atoms with Crippen LogP contribution < -0.4 is 10.8 Å². The average molecular weight is 279 g/mol. The summed E-state index contributed by atoms with van der Waals surface area (Å²) in [6.07, 6.45) is 2.02. The largest absolute Gasteiger partial charge is 0.293 e. The first-order valence-corrected chi connectivity index (χ1v) is 7.80. The first-order chi connectivity index (χ1) is 8.53. The van der Waals surface area contributed by atoms with E-state index >= 15 is 0 Å². The lowest BCUT2D eigenvalue weighted by Gasteiger charge is -2.33. The van der Waals surface area contributed by atoms with Gasteiger partial charge in [0.1, 0.15) is 0 Å². The van der Waals surface area contributed by atoms with Gasteiger partial charge in [-0.25, -0.2) is 13.9 Å². The zero-order valence-corrected chi connectivity index (χ0v) is 11.4. The summed E-state index contributed by atoms with van der Waals surface area (Å²) in [7, 11) is -3.46. The number of nitrogens with zero attached hydrogens (tertiary/aromatic N) is 1. The van der Waals surface area contributed by atoms with Gasteiger partial charge in [0.2, 0.25) is 10.0 Å². The van der Waals surface area contributed by atoms with Crippen LogP contribution in [-0.2, 0) is 14.8 Å². The summed E-state index contributed by atoms with van der Waals surface area (Å²) in [5.74, 6) is -0.702. The molecule has 1 amide bonds. The molecule has 1 aliphatic rings. The van der Waals surface area contributed by atoms with Gasteiger partial charge in [0.05, 0.1) is 5.75 Å². The van der Waals surface area contributed by atoms with Gasteiger partial charge in [0.15, 0.2) is 6.17 Å². The van der Waals surface area contributed by atoms with E-state index in [4.69, 9.17) is 5.21 Å². The number of nitrogens with one attached hydrogen (secondary N) is 2. The van der Waals surface area contributed by atoms with E-state index in [1.807, 2.05) is 6.92 Å². The van der Waals surface area contributed by atoms with E-state index in [2.05, 4.69) is 5.32 Å². The van der Waals surface area contributed by atoms with Crippen LogP contribution in [0, 0.1) is 0 Å². The monoisotopic (exact) mass is 279 g/mol. The minimum atomic E-state index is -3.46. The smallest absolute Gasteiger partial charge is 0.276 e. The molecule has 1 heterocycles. The molecule has 3 N–H and O–H groups in total. The first-order valence-electron chi connectivity index (χ1n) is 6.19. The highest BCUT2D eigenvalue weighted by Gasteiger charge is 2.35. The summed E-state index contributed by atoms with van der Waals surface area (Å²) in [6, 6.07) is 0. The van der Waals surface area contributed by atoms with Crippen molar-refractivity contribution in [3.8, 4) is 0 Å². The molecule has 0 aromatic heterocycles. The van der Waals surface area contributed by atoms with Crippen LogP contribution in [0.4, 0.5) is 0 Å². The molecule has 18 heavy (non-hydrogen) atoms. The van der Waals surface area contributed by atoms with Gasteiger partial charge in [-0.2, -0.15) is 4.31 Å². The van der Waals surface area contributed by atoms with Crippen molar-refractivity contribution >= 4 is 15.9 Å². The molecule has 0 radical (unpaired) electrons. The second-order valence-electron chi connectivity index (χ2n) is 4.32. The SMILES string of the molecule is CCCCCS(=O)(=O)N1CCCNC1C(=O)NO. The van der Waals surface area contributed by atoms with Gasteiger partial charge in [-0.1, -0.05) is 19.8 Å². The Balaban J connectivity index is 2.73. The van der Waals surface area contributed by atoms with Crippen molar-refractivity contribution in [3.05, 3.63) is 0 Å². The van der Waals surface area contributed by atoms with Gasteiger partial charge in [-0.3, -0.25) is 15.3 Å². The fourth-order valence-corrected chi connectivity index (χ4v) is 3.64. The Morgan fingerprint density at radius 2 is 2.22 bits per heavy atom. The summed E-state index contributed by atoms with van der Waals surface area (Å²) < 4.78 is 25.4. The zero-order valence-electron chi connectivity index (χ0n) is 10.6. The normalized spacial score (nSPS) is 21.8. The van der Waals surface area contributed by atoms with E-state index < -0.39 is 22.1 Å². The maximum Gasteiger partial charge on any atom is 0.276 e. The van der Waals surface area contributed by atoms with Crippen molar-refractivity contribution < 1.29 is 18.4 Å². The fraction of sp³-hybridized carbons (Fsp3) is 0.900. The maximum atomic E-state index is 12.1. The van der Waals surface area contributed by atoms with E-state index in [9.17, 15) is 13.2 Å².